The second-order valence-corrected chi connectivity index (χ2v) is 5.26. The molecule has 0 aromatic heterocycles. The number of hydrogen-bond acceptors (Lipinski definition) is 3. The van der Waals surface area contributed by atoms with Gasteiger partial charge in [0, 0.05) is 31.8 Å². The molecule has 0 spiro atoms. The molecule has 0 amide bonds. The first-order valence-corrected chi connectivity index (χ1v) is 6.08. The molecule has 2 N–H and O–H groups in total. The summed E-state index contributed by atoms with van der Waals surface area (Å²) in [5.41, 5.74) is 6.11. The fourth-order valence-corrected chi connectivity index (χ4v) is 2.16. The van der Waals surface area contributed by atoms with Crippen molar-refractivity contribution >= 4 is 0 Å². The highest BCUT2D eigenvalue weighted by atomic mass is 16.5. The Bertz CT molecular complexity index is 176. The van der Waals surface area contributed by atoms with Crippen molar-refractivity contribution in [2.75, 3.05) is 33.4 Å². The molecule has 15 heavy (non-hydrogen) atoms. The SMILES string of the molecule is CCC(C)(N)CN(C)CC1CCOCC1. The number of nitrogens with two attached hydrogens (primary N) is 1. The van der Waals surface area contributed by atoms with Gasteiger partial charge in [-0.25, -0.2) is 0 Å². The molecule has 1 heterocycles. The normalized spacial score (nSPS) is 23.0. The van der Waals surface area contributed by atoms with Gasteiger partial charge in [0.25, 0.3) is 0 Å². The van der Waals surface area contributed by atoms with E-state index < -0.39 is 0 Å². The summed E-state index contributed by atoms with van der Waals surface area (Å²) in [6, 6.07) is 0. The standard InChI is InChI=1S/C12H26N2O/c1-4-12(2,13)10-14(3)9-11-5-7-15-8-6-11/h11H,4-10,13H2,1-3H3. The van der Waals surface area contributed by atoms with Crippen molar-refractivity contribution in [3.63, 3.8) is 0 Å². The third kappa shape index (κ3) is 4.96. The lowest BCUT2D eigenvalue weighted by atomic mass is 9.97. The molecule has 0 aromatic rings. The van der Waals surface area contributed by atoms with Crippen LogP contribution < -0.4 is 5.73 Å². The molecular weight excluding hydrogens is 188 g/mol. The quantitative estimate of drug-likeness (QED) is 0.753. The van der Waals surface area contributed by atoms with Crippen LogP contribution in [0.25, 0.3) is 0 Å². The lowest BCUT2D eigenvalue weighted by molar-refractivity contribution is 0.0534. The van der Waals surface area contributed by atoms with E-state index in [1.165, 1.54) is 12.8 Å². The van der Waals surface area contributed by atoms with Crippen molar-refractivity contribution in [2.24, 2.45) is 11.7 Å². The third-order valence-corrected chi connectivity index (χ3v) is 3.35. The van der Waals surface area contributed by atoms with Gasteiger partial charge >= 0.3 is 0 Å². The van der Waals surface area contributed by atoms with E-state index in [0.717, 1.165) is 38.6 Å². The Morgan fingerprint density at radius 3 is 2.53 bits per heavy atom. The van der Waals surface area contributed by atoms with E-state index in [2.05, 4.69) is 25.8 Å². The van der Waals surface area contributed by atoms with Gasteiger partial charge in [0.05, 0.1) is 0 Å². The summed E-state index contributed by atoms with van der Waals surface area (Å²) >= 11 is 0. The summed E-state index contributed by atoms with van der Waals surface area (Å²) < 4.78 is 5.36. The first kappa shape index (κ1) is 12.9. The highest BCUT2D eigenvalue weighted by Crippen LogP contribution is 2.16. The van der Waals surface area contributed by atoms with Crippen LogP contribution in [0.2, 0.25) is 0 Å². The highest BCUT2D eigenvalue weighted by molar-refractivity contribution is 4.81. The Morgan fingerprint density at radius 1 is 1.40 bits per heavy atom. The molecule has 0 aliphatic carbocycles. The molecule has 90 valence electrons. The molecule has 1 fully saturated rings. The monoisotopic (exact) mass is 214 g/mol. The maximum absolute atomic E-state index is 6.16. The van der Waals surface area contributed by atoms with Gasteiger partial charge in [-0.2, -0.15) is 0 Å². The topological polar surface area (TPSA) is 38.5 Å². The molecule has 1 rings (SSSR count). The van der Waals surface area contributed by atoms with Crippen LogP contribution in [0.3, 0.4) is 0 Å². The molecule has 1 atom stereocenters. The minimum absolute atomic E-state index is 0.0417. The predicted molar refractivity (Wildman–Crippen MR) is 63.9 cm³/mol. The minimum Gasteiger partial charge on any atom is -0.381 e. The van der Waals surface area contributed by atoms with Crippen molar-refractivity contribution in [1.29, 1.82) is 0 Å². The predicted octanol–water partition coefficient (Wildman–Crippen LogP) is 1.47. The average Bonchev–Trinajstić information content (AvgIpc) is 2.18. The lowest BCUT2D eigenvalue weighted by Crippen LogP contribution is -2.47. The Hall–Kier alpha value is -0.120. The Balaban J connectivity index is 2.25. The zero-order valence-electron chi connectivity index (χ0n) is 10.5. The second-order valence-electron chi connectivity index (χ2n) is 5.26. The molecule has 0 aromatic carbocycles. The Morgan fingerprint density at radius 2 is 2.00 bits per heavy atom. The highest BCUT2D eigenvalue weighted by Gasteiger charge is 2.21. The summed E-state index contributed by atoms with van der Waals surface area (Å²) in [5, 5.41) is 0. The zero-order valence-corrected chi connectivity index (χ0v) is 10.5. The maximum atomic E-state index is 6.16. The number of nitrogens with zero attached hydrogens (tertiary/aromatic N) is 1. The molecule has 1 unspecified atom stereocenters. The van der Waals surface area contributed by atoms with Crippen molar-refractivity contribution in [3.8, 4) is 0 Å². The van der Waals surface area contributed by atoms with Crippen LogP contribution in [0.1, 0.15) is 33.1 Å². The fourth-order valence-electron chi connectivity index (χ4n) is 2.16. The molecule has 0 bridgehead atoms. The van der Waals surface area contributed by atoms with E-state index in [0.29, 0.717) is 0 Å². The number of ether oxygens (including phenoxy) is 1. The van der Waals surface area contributed by atoms with Crippen LogP contribution >= 0.6 is 0 Å². The van der Waals surface area contributed by atoms with Gasteiger partial charge in [-0.1, -0.05) is 6.92 Å². The molecule has 0 radical (unpaired) electrons. The first-order valence-electron chi connectivity index (χ1n) is 6.08. The van der Waals surface area contributed by atoms with Crippen LogP contribution in [-0.2, 0) is 4.74 Å². The van der Waals surface area contributed by atoms with Crippen LogP contribution in [0.15, 0.2) is 0 Å². The number of likely N-dealkylation sites (N-methyl/N-ethyl adjacent to an activating group) is 1. The van der Waals surface area contributed by atoms with Gasteiger partial charge in [-0.15, -0.1) is 0 Å². The Kier molecular flexibility index (Phi) is 5.03. The van der Waals surface area contributed by atoms with Crippen LogP contribution in [0, 0.1) is 5.92 Å². The van der Waals surface area contributed by atoms with Crippen molar-refractivity contribution in [2.45, 2.75) is 38.6 Å². The third-order valence-electron chi connectivity index (χ3n) is 3.35. The van der Waals surface area contributed by atoms with Crippen molar-refractivity contribution in [3.05, 3.63) is 0 Å². The summed E-state index contributed by atoms with van der Waals surface area (Å²) in [4.78, 5) is 2.37. The van der Waals surface area contributed by atoms with Crippen molar-refractivity contribution in [1.82, 2.24) is 4.90 Å². The first-order chi connectivity index (χ1) is 7.03. The Labute approximate surface area is 94.0 Å². The molecule has 3 heteroatoms. The van der Waals surface area contributed by atoms with E-state index in [1.54, 1.807) is 0 Å². The van der Waals surface area contributed by atoms with Gasteiger partial charge < -0.3 is 15.4 Å². The zero-order chi connectivity index (χ0) is 11.3. The van der Waals surface area contributed by atoms with Gasteiger partial charge in [0.15, 0.2) is 0 Å². The fraction of sp³-hybridized carbons (Fsp3) is 1.00. The molecular formula is C12H26N2O. The van der Waals surface area contributed by atoms with E-state index in [9.17, 15) is 0 Å². The largest absolute Gasteiger partial charge is 0.381 e. The summed E-state index contributed by atoms with van der Waals surface area (Å²) in [7, 11) is 2.18. The molecule has 1 saturated heterocycles. The maximum Gasteiger partial charge on any atom is 0.0469 e. The smallest absolute Gasteiger partial charge is 0.0469 e. The van der Waals surface area contributed by atoms with Crippen LogP contribution in [0.5, 0.6) is 0 Å². The van der Waals surface area contributed by atoms with Crippen LogP contribution in [-0.4, -0.2) is 43.8 Å². The molecule has 0 saturated carbocycles. The lowest BCUT2D eigenvalue weighted by Gasteiger charge is -2.32. The van der Waals surface area contributed by atoms with E-state index in [4.69, 9.17) is 10.5 Å². The molecule has 1 aliphatic heterocycles. The summed E-state index contributed by atoms with van der Waals surface area (Å²) in [5.74, 6) is 0.802. The van der Waals surface area contributed by atoms with Crippen molar-refractivity contribution < 1.29 is 4.74 Å². The van der Waals surface area contributed by atoms with Gasteiger partial charge in [-0.05, 0) is 39.2 Å². The van der Waals surface area contributed by atoms with Crippen LogP contribution in [0.4, 0.5) is 0 Å². The van der Waals surface area contributed by atoms with E-state index in [1.807, 2.05) is 0 Å². The summed E-state index contributed by atoms with van der Waals surface area (Å²) in [6.07, 6.45) is 3.45. The summed E-state index contributed by atoms with van der Waals surface area (Å²) in [6.45, 7) is 8.31. The second kappa shape index (κ2) is 5.83. The minimum atomic E-state index is -0.0417. The van der Waals surface area contributed by atoms with Gasteiger partial charge in [-0.3, -0.25) is 0 Å². The average molecular weight is 214 g/mol. The number of hydrogen-bond donors (Lipinski definition) is 1. The molecule has 1 aliphatic rings. The van der Waals surface area contributed by atoms with E-state index in [-0.39, 0.29) is 5.54 Å². The van der Waals surface area contributed by atoms with Gasteiger partial charge in [0.1, 0.15) is 0 Å². The van der Waals surface area contributed by atoms with Gasteiger partial charge in [0.2, 0.25) is 0 Å². The molecule has 3 nitrogen and oxygen atoms in total. The number of rotatable bonds is 5. The van der Waals surface area contributed by atoms with E-state index >= 15 is 0 Å².